The van der Waals surface area contributed by atoms with E-state index in [1.54, 1.807) is 24.8 Å². The summed E-state index contributed by atoms with van der Waals surface area (Å²) < 4.78 is 6.17. The summed E-state index contributed by atoms with van der Waals surface area (Å²) in [7, 11) is 0. The average Bonchev–Trinajstić information content (AvgIpc) is 3.39. The molecule has 3 aliphatic rings. The van der Waals surface area contributed by atoms with Crippen LogP contribution >= 0.6 is 24.0 Å². The topological polar surface area (TPSA) is 75.7 Å². The van der Waals surface area contributed by atoms with Crippen LogP contribution in [-0.2, 0) is 14.3 Å². The predicted octanol–water partition coefficient (Wildman–Crippen LogP) is 4.94. The van der Waals surface area contributed by atoms with Crippen molar-refractivity contribution in [1.29, 1.82) is 0 Å². The molecule has 0 aromatic heterocycles. The van der Waals surface area contributed by atoms with Crippen LogP contribution in [0.25, 0.3) is 11.1 Å². The quantitative estimate of drug-likeness (QED) is 0.387. The number of rotatable bonds is 4. The Morgan fingerprint density at radius 2 is 1.69 bits per heavy atom. The Hall–Kier alpha value is -3.23. The molecule has 1 saturated heterocycles. The molecule has 2 heterocycles. The minimum absolute atomic E-state index is 0.0610. The van der Waals surface area contributed by atoms with Crippen molar-refractivity contribution in [3.8, 4) is 11.1 Å². The number of nitrogens with zero attached hydrogens (tertiary/aromatic N) is 1. The van der Waals surface area contributed by atoms with Gasteiger partial charge in [-0.05, 0) is 44.4 Å². The zero-order valence-electron chi connectivity index (χ0n) is 20.5. The molecule has 0 saturated carbocycles. The van der Waals surface area contributed by atoms with Crippen molar-refractivity contribution in [1.82, 2.24) is 10.2 Å². The first-order valence-electron chi connectivity index (χ1n) is 11.9. The summed E-state index contributed by atoms with van der Waals surface area (Å²) >= 11 is 6.93. The van der Waals surface area contributed by atoms with Gasteiger partial charge in [0.2, 0.25) is 0 Å². The van der Waals surface area contributed by atoms with E-state index in [1.807, 2.05) is 50.2 Å². The fourth-order valence-corrected chi connectivity index (χ4v) is 6.41. The normalized spacial score (nSPS) is 19.0. The maximum Gasteiger partial charge on any atom is 0.337 e. The van der Waals surface area contributed by atoms with Crippen LogP contribution in [0.4, 0.5) is 0 Å². The molecule has 36 heavy (non-hydrogen) atoms. The lowest BCUT2D eigenvalue weighted by Gasteiger charge is -2.33. The first-order chi connectivity index (χ1) is 17.2. The Bertz CT molecular complexity index is 1410. The third-order valence-corrected chi connectivity index (χ3v) is 8.08. The molecule has 0 radical (unpaired) electrons. The van der Waals surface area contributed by atoms with Crippen LogP contribution in [0.1, 0.15) is 55.1 Å². The average molecular weight is 519 g/mol. The number of amides is 1. The van der Waals surface area contributed by atoms with E-state index in [0.29, 0.717) is 44.5 Å². The number of hydrogen-bond acceptors (Lipinski definition) is 7. The highest BCUT2D eigenvalue weighted by Gasteiger charge is 2.43. The number of allylic oxidation sites excluding steroid dienone is 2. The second kappa shape index (κ2) is 9.33. The van der Waals surface area contributed by atoms with Gasteiger partial charge in [-0.1, -0.05) is 66.4 Å². The summed E-state index contributed by atoms with van der Waals surface area (Å²) in [4.78, 5) is 42.4. The highest BCUT2D eigenvalue weighted by molar-refractivity contribution is 8.23. The van der Waals surface area contributed by atoms with Gasteiger partial charge in [-0.2, -0.15) is 0 Å². The lowest BCUT2D eigenvalue weighted by atomic mass is 9.77. The minimum Gasteiger partial charge on any atom is -0.460 e. The van der Waals surface area contributed by atoms with Crippen molar-refractivity contribution >= 4 is 46.0 Å². The molecule has 184 valence electrons. The molecule has 2 aromatic carbocycles. The number of dihydropyridines is 1. The van der Waals surface area contributed by atoms with Crippen molar-refractivity contribution in [3.05, 3.63) is 81.7 Å². The summed E-state index contributed by atoms with van der Waals surface area (Å²) in [5.41, 5.74) is 5.54. The lowest BCUT2D eigenvalue weighted by Crippen LogP contribution is -2.39. The molecule has 8 heteroatoms. The van der Waals surface area contributed by atoms with E-state index in [-0.39, 0.29) is 17.8 Å². The second-order valence-electron chi connectivity index (χ2n) is 9.31. The van der Waals surface area contributed by atoms with Crippen molar-refractivity contribution in [2.45, 2.75) is 39.7 Å². The third-order valence-electron chi connectivity index (χ3n) is 6.65. The Morgan fingerprint density at radius 3 is 2.36 bits per heavy atom. The van der Waals surface area contributed by atoms with Crippen LogP contribution < -0.4 is 5.32 Å². The number of thiocarbonyl (C=S) groups is 1. The van der Waals surface area contributed by atoms with Gasteiger partial charge >= 0.3 is 5.97 Å². The summed E-state index contributed by atoms with van der Waals surface area (Å²) in [5.74, 6) is -0.792. The number of carbonyl (C=O) groups excluding carboxylic acids is 3. The molecule has 0 spiro atoms. The number of ether oxygens (including phenoxy) is 1. The Labute approximate surface area is 219 Å². The maximum atomic E-state index is 14.0. The van der Waals surface area contributed by atoms with Crippen molar-refractivity contribution in [2.24, 2.45) is 0 Å². The Kier molecular flexibility index (Phi) is 6.34. The lowest BCUT2D eigenvalue weighted by molar-refractivity contribution is -0.143. The molecule has 1 amide bonds. The van der Waals surface area contributed by atoms with Gasteiger partial charge in [-0.15, -0.1) is 0 Å². The highest BCUT2D eigenvalue weighted by atomic mass is 32.2. The van der Waals surface area contributed by atoms with Crippen molar-refractivity contribution in [3.63, 3.8) is 0 Å². The number of esters is 1. The fourth-order valence-electron chi connectivity index (χ4n) is 5.20. The summed E-state index contributed by atoms with van der Waals surface area (Å²) in [6.45, 7) is 7.74. The van der Waals surface area contributed by atoms with E-state index < -0.39 is 11.9 Å². The Balaban J connectivity index is 1.76. The maximum absolute atomic E-state index is 14.0. The van der Waals surface area contributed by atoms with Crippen LogP contribution in [-0.4, -0.2) is 45.3 Å². The van der Waals surface area contributed by atoms with Gasteiger partial charge in [0.15, 0.2) is 5.78 Å². The first-order valence-corrected chi connectivity index (χ1v) is 13.2. The molecule has 2 aliphatic heterocycles. The highest BCUT2D eigenvalue weighted by Crippen LogP contribution is 2.48. The van der Waals surface area contributed by atoms with Crippen LogP contribution in [0, 0.1) is 0 Å². The molecule has 1 N–H and O–H groups in total. The molecule has 0 bridgehead atoms. The molecule has 1 atom stereocenters. The van der Waals surface area contributed by atoms with Gasteiger partial charge in [-0.25, -0.2) is 4.79 Å². The van der Waals surface area contributed by atoms with Crippen LogP contribution in [0.2, 0.25) is 0 Å². The van der Waals surface area contributed by atoms with E-state index in [1.165, 1.54) is 11.8 Å². The summed E-state index contributed by atoms with van der Waals surface area (Å²) in [6, 6.07) is 13.0. The van der Waals surface area contributed by atoms with Gasteiger partial charge in [0.05, 0.1) is 17.6 Å². The van der Waals surface area contributed by atoms with E-state index in [0.717, 1.165) is 22.4 Å². The zero-order valence-corrected chi connectivity index (χ0v) is 22.1. The number of nitrogens with one attached hydrogen (secondary N) is 1. The molecule has 1 unspecified atom stereocenters. The monoisotopic (exact) mass is 518 g/mol. The first kappa shape index (κ1) is 24.5. The molecule has 2 aromatic rings. The largest absolute Gasteiger partial charge is 0.460 e. The van der Waals surface area contributed by atoms with Gasteiger partial charge < -0.3 is 10.1 Å². The number of thioether (sulfide) groups is 1. The molecular weight excluding hydrogens is 492 g/mol. The van der Waals surface area contributed by atoms with E-state index in [2.05, 4.69) is 5.32 Å². The number of benzene rings is 2. The predicted molar refractivity (Wildman–Crippen MR) is 145 cm³/mol. The summed E-state index contributed by atoms with van der Waals surface area (Å²) in [5, 5.41) is 3.24. The molecule has 5 rings (SSSR count). The molecular formula is C28H26N2O4S2. The standard InChI is InChI=1S/C28H26N2O4S2/c1-14(2)34-27(33)22-16(4)29-15(3)21(26(32)30-12-13-36-28(30)35)24(22)19-10-7-11-20-23(19)17-8-5-6-9-18(17)25(20)31/h5-11,14,24,29H,12-13H2,1-4H3. The fraction of sp³-hybridized carbons (Fsp3) is 0.286. The SMILES string of the molecule is CC1=C(C(=O)OC(C)C)C(c2cccc3c2-c2ccccc2C3=O)C(C(=O)N2CCSC2=S)=C(C)N1. The summed E-state index contributed by atoms with van der Waals surface area (Å²) in [6.07, 6.45) is -0.337. The molecule has 1 fully saturated rings. The van der Waals surface area contributed by atoms with Crippen LogP contribution in [0.5, 0.6) is 0 Å². The number of fused-ring (bicyclic) bond motifs is 3. The van der Waals surface area contributed by atoms with Gasteiger partial charge in [0.1, 0.15) is 4.32 Å². The number of carbonyl (C=O) groups is 3. The number of ketones is 1. The second-order valence-corrected chi connectivity index (χ2v) is 11.0. The van der Waals surface area contributed by atoms with E-state index in [9.17, 15) is 14.4 Å². The zero-order chi connectivity index (χ0) is 25.7. The third kappa shape index (κ3) is 3.89. The van der Waals surface area contributed by atoms with Gasteiger partial charge in [-0.3, -0.25) is 14.5 Å². The number of hydrogen-bond donors (Lipinski definition) is 1. The minimum atomic E-state index is -0.729. The molecule has 6 nitrogen and oxygen atoms in total. The van der Waals surface area contributed by atoms with E-state index in [4.69, 9.17) is 17.0 Å². The van der Waals surface area contributed by atoms with Crippen molar-refractivity contribution in [2.75, 3.05) is 12.3 Å². The Morgan fingerprint density at radius 1 is 1.03 bits per heavy atom. The smallest absolute Gasteiger partial charge is 0.337 e. The van der Waals surface area contributed by atoms with Crippen LogP contribution in [0.15, 0.2) is 65.0 Å². The molecule has 1 aliphatic carbocycles. The van der Waals surface area contributed by atoms with Crippen LogP contribution in [0.3, 0.4) is 0 Å². The van der Waals surface area contributed by atoms with E-state index >= 15 is 0 Å². The van der Waals surface area contributed by atoms with Crippen molar-refractivity contribution < 1.29 is 19.1 Å². The van der Waals surface area contributed by atoms with Gasteiger partial charge in [0.25, 0.3) is 5.91 Å². The van der Waals surface area contributed by atoms with Gasteiger partial charge in [0, 0.05) is 40.4 Å².